The van der Waals surface area contributed by atoms with E-state index in [0.29, 0.717) is 64.6 Å². The molecule has 16 nitrogen and oxygen atoms in total. The highest BCUT2D eigenvalue weighted by Crippen LogP contribution is 2.35. The van der Waals surface area contributed by atoms with Gasteiger partial charge in [0.2, 0.25) is 0 Å². The van der Waals surface area contributed by atoms with Crippen LogP contribution in [0.2, 0.25) is 0 Å². The molecular formula is C84H123N5O11S. The molecule has 0 aliphatic carbocycles. The zero-order valence-corrected chi connectivity index (χ0v) is 65.5. The first kappa shape index (κ1) is 87.5. The Kier molecular flexibility index (Phi) is 34.3. The van der Waals surface area contributed by atoms with Gasteiger partial charge in [0.15, 0.2) is 11.6 Å². The van der Waals surface area contributed by atoms with Gasteiger partial charge in [-0.25, -0.2) is 9.59 Å². The van der Waals surface area contributed by atoms with Crippen molar-refractivity contribution in [2.75, 3.05) is 5.75 Å². The normalized spacial score (nSPS) is 15.6. The second kappa shape index (κ2) is 39.6. The standard InChI is InChI=1S/C18H18O4.C15H20N2O2.C15H21NO.C14H24N2O2S.C12H22O.C10H18O/c1-18(2,3)16(20)13-9-5-7-11-15(13)22-17(21)12-8-4-6-10-14(12)19;1-15(2,3)14(19)12(16)6-9-8-17-13-5-4-10(18)7-11(9)13;1-15(2,3)8-4-5-11-10-16-14-7-6-12(17)9-13(11)14;1-14(2,3)11(17)7-5-4-6-10-12-9(8-19-10)15-13(18)16-12;1-6-7-8-9-12(4,5)11(13)10(2)3;1-5-6-7-8-9(11)10(2,3)4/h4-11,19H,1-3H3;4-5,7-8,12,17-18H,6,16H2,1-3H3;6-7,9-10,16-17H,4-5,8H2,1-3H3;9-10,12H,4-8H2,1-3H3,(H2,15,16,18);7-8,10H,6,9H2,1-5H3;6-7H,5,8H2,1-4H3/b;;;;8-7-;7-6-/t;12-;;9-,10-,12-;;/m.0.0../s1. The number of urea groups is 1. The lowest BCUT2D eigenvalue weighted by molar-refractivity contribution is -0.130. The number of para-hydroxylation sites is 2. The summed E-state index contributed by atoms with van der Waals surface area (Å²) >= 11 is 1.94. The molecule has 2 aliphatic rings. The number of benzene rings is 4. The minimum atomic E-state index is -0.702. The molecule has 8 rings (SSSR count). The highest BCUT2D eigenvalue weighted by atomic mass is 32.2. The molecule has 2 aromatic heterocycles. The van der Waals surface area contributed by atoms with Crippen LogP contribution in [-0.2, 0) is 32.0 Å². The van der Waals surface area contributed by atoms with Gasteiger partial charge in [0.25, 0.3) is 0 Å². The number of Topliss-reactive ketones (excluding diaryl/α,β-unsaturated/α-hetero) is 5. The Bertz CT molecular complexity index is 3720. The van der Waals surface area contributed by atoms with E-state index >= 15 is 0 Å². The lowest BCUT2D eigenvalue weighted by atomic mass is 9.79. The molecule has 4 heterocycles. The number of carbonyl (C=O) groups excluding carboxylic acids is 7. The number of esters is 1. The van der Waals surface area contributed by atoms with Gasteiger partial charge in [0, 0.05) is 91.0 Å². The molecule has 17 heteroatoms. The van der Waals surface area contributed by atoms with Crippen molar-refractivity contribution in [2.45, 2.75) is 246 Å². The number of ether oxygens (including phenoxy) is 1. The second-order valence-corrected chi connectivity index (χ2v) is 34.0. The molecule has 4 aromatic carbocycles. The van der Waals surface area contributed by atoms with Gasteiger partial charge in [0.05, 0.1) is 23.7 Å². The van der Waals surface area contributed by atoms with Crippen LogP contribution in [0.1, 0.15) is 241 Å². The van der Waals surface area contributed by atoms with E-state index in [9.17, 15) is 48.9 Å². The Morgan fingerprint density at radius 3 is 1.67 bits per heavy atom. The van der Waals surface area contributed by atoms with E-state index in [1.807, 2.05) is 138 Å². The van der Waals surface area contributed by atoms with Crippen LogP contribution in [0.5, 0.6) is 23.0 Å². The predicted octanol–water partition coefficient (Wildman–Crippen LogP) is 19.3. The molecule has 0 radical (unpaired) electrons. The van der Waals surface area contributed by atoms with Crippen molar-refractivity contribution in [3.8, 4) is 23.0 Å². The number of H-pyrrole nitrogens is 2. The van der Waals surface area contributed by atoms with Gasteiger partial charge in [-0.1, -0.05) is 200 Å². The highest BCUT2D eigenvalue weighted by molar-refractivity contribution is 8.00. The van der Waals surface area contributed by atoms with E-state index in [1.165, 1.54) is 30.5 Å². The molecule has 0 bridgehead atoms. The van der Waals surface area contributed by atoms with E-state index in [0.717, 1.165) is 78.1 Å². The number of carbonyl (C=O) groups is 7. The van der Waals surface area contributed by atoms with Crippen molar-refractivity contribution in [2.24, 2.45) is 44.1 Å². The van der Waals surface area contributed by atoms with Crippen LogP contribution in [0.25, 0.3) is 21.8 Å². The van der Waals surface area contributed by atoms with Gasteiger partial charge >= 0.3 is 12.0 Å². The minimum Gasteiger partial charge on any atom is -0.508 e. The fourth-order valence-electron chi connectivity index (χ4n) is 11.1. The quantitative estimate of drug-likeness (QED) is 0.00785. The largest absolute Gasteiger partial charge is 0.508 e. The molecular weight excluding hydrogens is 1290 g/mol. The number of phenolic OH excluding ortho intramolecular Hbond substituents is 3. The average Bonchev–Trinajstić information content (AvgIpc) is 1.73. The van der Waals surface area contributed by atoms with Gasteiger partial charge in [-0.05, 0) is 135 Å². The van der Waals surface area contributed by atoms with Crippen molar-refractivity contribution < 1.29 is 53.6 Å². The number of ketones is 5. The van der Waals surface area contributed by atoms with Crippen molar-refractivity contribution in [3.05, 3.63) is 144 Å². The molecule has 2 aliphatic heterocycles. The number of rotatable bonds is 22. The van der Waals surface area contributed by atoms with Crippen LogP contribution < -0.4 is 21.1 Å². The first-order valence-corrected chi connectivity index (χ1v) is 37.0. The average molecular weight is 1410 g/mol. The number of allylic oxidation sites excluding steroid dienone is 4. The predicted molar refractivity (Wildman–Crippen MR) is 416 cm³/mol. The van der Waals surface area contributed by atoms with Crippen molar-refractivity contribution in [1.82, 2.24) is 20.6 Å². The molecule has 2 fully saturated rings. The molecule has 0 unspecified atom stereocenters. The number of fused-ring (bicyclic) bond motifs is 3. The number of nitrogens with two attached hydrogens (primary N) is 1. The molecule has 2 amide bonds. The van der Waals surface area contributed by atoms with Gasteiger partial charge in [0.1, 0.15) is 45.9 Å². The highest BCUT2D eigenvalue weighted by Gasteiger charge is 2.42. The number of aromatic hydroxyl groups is 3. The SMILES string of the molecule is CC(C)(C)C(=O)CCCC[C@@H]1SC[C@@H]2NC(=O)N[C@@H]21.CC(C)(C)C(=O)[C@@H](N)Cc1c[nH]c2ccc(O)cc12.CC(C)(C)C(=O)c1ccccc1OC(=O)c1ccccc1O.CC(C)(C)CCCc1c[nH]c2ccc(O)cc12.CC/C=C\CC(=O)C(C)(C)C.CC/C=C\CC(C)(C)C(=O)C(C)C. The van der Waals surface area contributed by atoms with E-state index in [4.69, 9.17) is 10.5 Å². The lowest BCUT2D eigenvalue weighted by Gasteiger charge is -2.23. The number of unbranched alkanes of at least 4 members (excludes halogenated alkanes) is 1. The number of nitrogens with one attached hydrogen (secondary N) is 4. The second-order valence-electron chi connectivity index (χ2n) is 32.7. The Morgan fingerprint density at radius 2 is 1.15 bits per heavy atom. The van der Waals surface area contributed by atoms with Gasteiger partial charge in [-0.3, -0.25) is 24.0 Å². The summed E-state index contributed by atoms with van der Waals surface area (Å²) in [4.78, 5) is 89.2. The van der Waals surface area contributed by atoms with Crippen LogP contribution in [0.15, 0.2) is 122 Å². The summed E-state index contributed by atoms with van der Waals surface area (Å²) in [6.45, 7) is 41.8. The van der Waals surface area contributed by atoms with E-state index in [1.54, 1.807) is 75.4 Å². The molecule has 0 saturated carbocycles. The summed E-state index contributed by atoms with van der Waals surface area (Å²) in [5.74, 6) is 1.97. The summed E-state index contributed by atoms with van der Waals surface area (Å²) in [7, 11) is 0. The first-order chi connectivity index (χ1) is 46.8. The Hall–Kier alpha value is -7.76. The summed E-state index contributed by atoms with van der Waals surface area (Å²) < 4.78 is 5.31. The summed E-state index contributed by atoms with van der Waals surface area (Å²) in [6.07, 6.45) is 23.4. The number of hydrogen-bond donors (Lipinski definition) is 8. The lowest BCUT2D eigenvalue weighted by Crippen LogP contribution is -2.40. The number of aryl methyl sites for hydroxylation is 1. The molecule has 2 saturated heterocycles. The van der Waals surface area contributed by atoms with E-state index in [-0.39, 0.29) is 68.6 Å². The smallest absolute Gasteiger partial charge is 0.347 e. The molecule has 0 spiro atoms. The van der Waals surface area contributed by atoms with Gasteiger partial charge < -0.3 is 46.4 Å². The van der Waals surface area contributed by atoms with Crippen molar-refractivity contribution in [1.29, 1.82) is 0 Å². The Labute approximate surface area is 608 Å². The van der Waals surface area contributed by atoms with Gasteiger partial charge in [-0.15, -0.1) is 0 Å². The summed E-state index contributed by atoms with van der Waals surface area (Å²) in [6, 6.07) is 23.4. The third-order valence-electron chi connectivity index (χ3n) is 17.2. The number of hydrogen-bond acceptors (Lipinski definition) is 13. The van der Waals surface area contributed by atoms with Crippen LogP contribution in [0, 0.1) is 38.4 Å². The molecule has 101 heavy (non-hydrogen) atoms. The topological polar surface area (TPSA) is 271 Å². The fourth-order valence-corrected chi connectivity index (χ4v) is 12.6. The number of amides is 2. The van der Waals surface area contributed by atoms with Crippen LogP contribution in [0.4, 0.5) is 4.79 Å². The number of thioether (sulfide) groups is 1. The van der Waals surface area contributed by atoms with Crippen molar-refractivity contribution >= 4 is 74.5 Å². The van der Waals surface area contributed by atoms with Crippen molar-refractivity contribution in [3.63, 3.8) is 0 Å². The zero-order chi connectivity index (χ0) is 76.4. The van der Waals surface area contributed by atoms with E-state index < -0.39 is 22.8 Å². The van der Waals surface area contributed by atoms with Gasteiger partial charge in [-0.2, -0.15) is 11.8 Å². The minimum absolute atomic E-state index is 0.0248. The molecule has 6 aromatic rings. The number of aromatic nitrogens is 2. The molecule has 556 valence electrons. The maximum Gasteiger partial charge on any atom is 0.347 e. The summed E-state index contributed by atoms with van der Waals surface area (Å²) in [5.41, 5.74) is 9.48. The third kappa shape index (κ3) is 30.0. The maximum absolute atomic E-state index is 12.4. The monoisotopic (exact) mass is 1410 g/mol. The summed E-state index contributed by atoms with van der Waals surface area (Å²) in [5, 5.41) is 37.3. The van der Waals surface area contributed by atoms with E-state index in [2.05, 4.69) is 73.6 Å². The third-order valence-corrected chi connectivity index (χ3v) is 18.7. The Balaban J connectivity index is 0.000000319. The first-order valence-electron chi connectivity index (χ1n) is 35.9. The zero-order valence-electron chi connectivity index (χ0n) is 64.7. The van der Waals surface area contributed by atoms with Crippen LogP contribution in [-0.4, -0.2) is 95.3 Å². The van der Waals surface area contributed by atoms with Crippen LogP contribution >= 0.6 is 11.8 Å². The Morgan fingerprint density at radius 1 is 0.614 bits per heavy atom. The fraction of sp³-hybridized carbons (Fsp3) is 0.536. The number of phenols is 3. The molecule has 9 N–H and O–H groups in total. The molecule has 4 atom stereocenters. The number of aromatic amines is 2. The maximum atomic E-state index is 12.4. The van der Waals surface area contributed by atoms with Crippen LogP contribution in [0.3, 0.4) is 0 Å².